The van der Waals surface area contributed by atoms with E-state index < -0.39 is 0 Å². The average Bonchev–Trinajstić information content (AvgIpc) is 2.31. The number of hydrazine groups is 1. The highest BCUT2D eigenvalue weighted by molar-refractivity contribution is 4.97. The molecular formula is C14H30N4. The average molecular weight is 254 g/mol. The first kappa shape index (κ1) is 14.3. The molecule has 18 heavy (non-hydrogen) atoms. The lowest BCUT2D eigenvalue weighted by atomic mass is 9.68. The summed E-state index contributed by atoms with van der Waals surface area (Å²) in [7, 11) is 2.19. The number of likely N-dealkylation sites (N-methyl/N-ethyl adjacent to an activating group) is 1. The molecule has 1 saturated carbocycles. The first-order valence-corrected chi connectivity index (χ1v) is 7.36. The first-order valence-electron chi connectivity index (χ1n) is 7.36. The lowest BCUT2D eigenvalue weighted by Gasteiger charge is -2.48. The van der Waals surface area contributed by atoms with Crippen LogP contribution in [0.25, 0.3) is 0 Å². The van der Waals surface area contributed by atoms with E-state index in [1.165, 1.54) is 25.7 Å². The van der Waals surface area contributed by atoms with Gasteiger partial charge in [0.05, 0.1) is 0 Å². The third kappa shape index (κ3) is 3.44. The van der Waals surface area contributed by atoms with Gasteiger partial charge < -0.3 is 10.6 Å². The normalized spacial score (nSPS) is 34.7. The number of hydrogen-bond donors (Lipinski definition) is 2. The van der Waals surface area contributed by atoms with Crippen LogP contribution >= 0.6 is 0 Å². The van der Waals surface area contributed by atoms with Crippen LogP contribution in [0.1, 0.15) is 39.5 Å². The molecule has 0 aromatic heterocycles. The molecule has 2 rings (SSSR count). The quantitative estimate of drug-likeness (QED) is 0.790. The van der Waals surface area contributed by atoms with Crippen LogP contribution < -0.4 is 11.2 Å². The summed E-state index contributed by atoms with van der Waals surface area (Å²) in [6.45, 7) is 10.0. The van der Waals surface area contributed by atoms with Gasteiger partial charge in [-0.1, -0.05) is 20.3 Å². The molecule has 1 aliphatic heterocycles. The lowest BCUT2D eigenvalue weighted by molar-refractivity contribution is 0.0137. The number of rotatable bonds is 3. The van der Waals surface area contributed by atoms with E-state index in [9.17, 15) is 0 Å². The van der Waals surface area contributed by atoms with Crippen LogP contribution in [-0.4, -0.2) is 55.2 Å². The molecule has 106 valence electrons. The van der Waals surface area contributed by atoms with E-state index in [-0.39, 0.29) is 5.54 Å². The fraction of sp³-hybridized carbons (Fsp3) is 1.00. The summed E-state index contributed by atoms with van der Waals surface area (Å²) < 4.78 is 0. The number of piperazine rings is 1. The van der Waals surface area contributed by atoms with Gasteiger partial charge in [-0.3, -0.25) is 0 Å². The second-order valence-electron chi connectivity index (χ2n) is 7.08. The van der Waals surface area contributed by atoms with Gasteiger partial charge in [0, 0.05) is 38.3 Å². The molecular weight excluding hydrogens is 224 g/mol. The Morgan fingerprint density at radius 1 is 1.11 bits per heavy atom. The molecule has 3 N–H and O–H groups in total. The molecule has 0 bridgehead atoms. The fourth-order valence-electron chi connectivity index (χ4n) is 3.57. The topological polar surface area (TPSA) is 44.5 Å². The maximum Gasteiger partial charge on any atom is 0.0453 e. The van der Waals surface area contributed by atoms with Crippen molar-refractivity contribution in [3.8, 4) is 0 Å². The lowest BCUT2D eigenvalue weighted by Crippen LogP contribution is -2.64. The molecule has 1 atom stereocenters. The molecule has 0 aromatic carbocycles. The maximum atomic E-state index is 6.10. The van der Waals surface area contributed by atoms with Gasteiger partial charge in [0.1, 0.15) is 0 Å². The van der Waals surface area contributed by atoms with Crippen molar-refractivity contribution in [1.82, 2.24) is 15.3 Å². The van der Waals surface area contributed by atoms with Crippen LogP contribution in [0.4, 0.5) is 0 Å². The third-order valence-electron chi connectivity index (χ3n) is 4.62. The second kappa shape index (κ2) is 5.45. The Kier molecular flexibility index (Phi) is 4.32. The van der Waals surface area contributed by atoms with E-state index in [0.29, 0.717) is 5.41 Å². The summed E-state index contributed by atoms with van der Waals surface area (Å²) in [5, 5.41) is 2.40. The van der Waals surface area contributed by atoms with Crippen LogP contribution in [0.2, 0.25) is 0 Å². The van der Waals surface area contributed by atoms with Crippen molar-refractivity contribution in [2.75, 3.05) is 39.8 Å². The first-order chi connectivity index (χ1) is 8.45. The van der Waals surface area contributed by atoms with Crippen LogP contribution in [0.15, 0.2) is 0 Å². The third-order valence-corrected chi connectivity index (χ3v) is 4.62. The number of hydrogen-bond acceptors (Lipinski definition) is 4. The Morgan fingerprint density at radius 3 is 2.33 bits per heavy atom. The van der Waals surface area contributed by atoms with Crippen LogP contribution in [0.5, 0.6) is 0 Å². The van der Waals surface area contributed by atoms with E-state index in [4.69, 9.17) is 5.73 Å². The maximum absolute atomic E-state index is 6.10. The van der Waals surface area contributed by atoms with E-state index in [1.807, 2.05) is 0 Å². The van der Waals surface area contributed by atoms with Crippen molar-refractivity contribution >= 4 is 0 Å². The van der Waals surface area contributed by atoms with Crippen molar-refractivity contribution in [1.29, 1.82) is 0 Å². The van der Waals surface area contributed by atoms with Gasteiger partial charge in [-0.15, -0.1) is 0 Å². The molecule has 4 nitrogen and oxygen atoms in total. The molecule has 0 spiro atoms. The minimum atomic E-state index is 0.137. The van der Waals surface area contributed by atoms with Crippen molar-refractivity contribution in [3.63, 3.8) is 0 Å². The van der Waals surface area contributed by atoms with Gasteiger partial charge in [-0.25, -0.2) is 10.4 Å². The summed E-state index contributed by atoms with van der Waals surface area (Å²) >= 11 is 0. The SMILES string of the molecule is CN1CCN(NC2(CN)CCCC(C)(C)C2)CC1. The molecule has 1 aliphatic carbocycles. The number of nitrogens with zero attached hydrogens (tertiary/aromatic N) is 2. The summed E-state index contributed by atoms with van der Waals surface area (Å²) in [4.78, 5) is 2.39. The molecule has 1 unspecified atom stereocenters. The Bertz CT molecular complexity index is 271. The summed E-state index contributed by atoms with van der Waals surface area (Å²) in [6, 6.07) is 0. The van der Waals surface area contributed by atoms with Gasteiger partial charge in [0.15, 0.2) is 0 Å². The Hall–Kier alpha value is -0.160. The molecule has 0 radical (unpaired) electrons. The van der Waals surface area contributed by atoms with Gasteiger partial charge in [0.25, 0.3) is 0 Å². The monoisotopic (exact) mass is 254 g/mol. The van der Waals surface area contributed by atoms with Crippen molar-refractivity contribution in [2.45, 2.75) is 45.1 Å². The van der Waals surface area contributed by atoms with Gasteiger partial charge in [0.2, 0.25) is 0 Å². The molecule has 4 heteroatoms. The smallest absolute Gasteiger partial charge is 0.0453 e. The molecule has 1 heterocycles. The van der Waals surface area contributed by atoms with Crippen molar-refractivity contribution in [2.24, 2.45) is 11.1 Å². The molecule has 0 amide bonds. The molecule has 1 saturated heterocycles. The van der Waals surface area contributed by atoms with Crippen molar-refractivity contribution in [3.05, 3.63) is 0 Å². The van der Waals surface area contributed by atoms with E-state index >= 15 is 0 Å². The minimum absolute atomic E-state index is 0.137. The van der Waals surface area contributed by atoms with Gasteiger partial charge >= 0.3 is 0 Å². The summed E-state index contributed by atoms with van der Waals surface area (Å²) in [5.41, 5.74) is 10.4. The van der Waals surface area contributed by atoms with Gasteiger partial charge in [-0.2, -0.15) is 0 Å². The standard InChI is InChI=1S/C14H30N4/c1-13(2)5-4-6-14(11-13,12-15)16-18-9-7-17(3)8-10-18/h16H,4-12,15H2,1-3H3. The van der Waals surface area contributed by atoms with Crippen LogP contribution in [-0.2, 0) is 0 Å². The van der Waals surface area contributed by atoms with Crippen LogP contribution in [0, 0.1) is 5.41 Å². The highest BCUT2D eigenvalue weighted by atomic mass is 15.5. The van der Waals surface area contributed by atoms with Crippen molar-refractivity contribution < 1.29 is 0 Å². The zero-order valence-electron chi connectivity index (χ0n) is 12.3. The van der Waals surface area contributed by atoms with E-state index in [0.717, 1.165) is 32.7 Å². The predicted molar refractivity (Wildman–Crippen MR) is 76.2 cm³/mol. The van der Waals surface area contributed by atoms with Gasteiger partial charge in [-0.05, 0) is 31.7 Å². The van der Waals surface area contributed by atoms with Crippen LogP contribution in [0.3, 0.4) is 0 Å². The highest BCUT2D eigenvalue weighted by Crippen LogP contribution is 2.40. The molecule has 2 aliphatic rings. The summed E-state index contributed by atoms with van der Waals surface area (Å²) in [5.74, 6) is 0. The minimum Gasteiger partial charge on any atom is -0.329 e. The van der Waals surface area contributed by atoms with E-state index in [1.54, 1.807) is 0 Å². The largest absolute Gasteiger partial charge is 0.329 e. The zero-order valence-corrected chi connectivity index (χ0v) is 12.3. The Morgan fingerprint density at radius 2 is 1.78 bits per heavy atom. The predicted octanol–water partition coefficient (Wildman–Crippen LogP) is 1.04. The zero-order chi connectivity index (χ0) is 13.2. The highest BCUT2D eigenvalue weighted by Gasteiger charge is 2.40. The molecule has 0 aromatic rings. The van der Waals surface area contributed by atoms with E-state index in [2.05, 4.69) is 36.2 Å². The second-order valence-corrected chi connectivity index (χ2v) is 7.08. The molecule has 2 fully saturated rings. The Labute approximate surface area is 112 Å². The Balaban J connectivity index is 1.95. The summed E-state index contributed by atoms with van der Waals surface area (Å²) in [6.07, 6.45) is 5.05. The number of nitrogens with two attached hydrogens (primary N) is 1. The fourth-order valence-corrected chi connectivity index (χ4v) is 3.57. The number of nitrogens with one attached hydrogen (secondary N) is 1.